The summed E-state index contributed by atoms with van der Waals surface area (Å²) in [6, 6.07) is 25.9. The van der Waals surface area contributed by atoms with Crippen molar-refractivity contribution in [2.45, 2.75) is 26.2 Å². The van der Waals surface area contributed by atoms with Crippen LogP contribution in [0.3, 0.4) is 0 Å². The van der Waals surface area contributed by atoms with E-state index in [1.165, 1.54) is 5.56 Å². The van der Waals surface area contributed by atoms with Crippen LogP contribution in [0, 0.1) is 6.57 Å². The molecule has 1 aromatic heterocycles. The molecule has 3 aromatic carbocycles. The number of hydrogen-bond acceptors (Lipinski definition) is 3. The molecule has 1 heterocycles. The molecule has 4 heteroatoms. The molecule has 0 N–H and O–H groups in total. The molecule has 0 bridgehead atoms. The van der Waals surface area contributed by atoms with E-state index in [1.807, 2.05) is 48.5 Å². The second-order valence-electron chi connectivity index (χ2n) is 8.16. The van der Waals surface area contributed by atoms with Crippen molar-refractivity contribution < 1.29 is 0 Å². The first-order valence-electron chi connectivity index (χ1n) is 9.84. The lowest BCUT2D eigenvalue weighted by Gasteiger charge is -2.18. The van der Waals surface area contributed by atoms with Crippen molar-refractivity contribution in [3.8, 4) is 33.9 Å². The molecular weight excluding hydrogens is 368 g/mol. The first-order chi connectivity index (χ1) is 14.4. The van der Waals surface area contributed by atoms with Crippen LogP contribution in [-0.2, 0) is 5.41 Å². The summed E-state index contributed by atoms with van der Waals surface area (Å²) < 4.78 is 0. The number of hydrogen-bond donors (Lipinski definition) is 0. The van der Waals surface area contributed by atoms with Gasteiger partial charge >= 0.3 is 0 Å². The fourth-order valence-corrected chi connectivity index (χ4v) is 3.13. The van der Waals surface area contributed by atoms with Gasteiger partial charge in [0.05, 0.1) is 6.57 Å². The molecule has 30 heavy (non-hydrogen) atoms. The highest BCUT2D eigenvalue weighted by Crippen LogP contribution is 2.28. The van der Waals surface area contributed by atoms with Crippen LogP contribution in [0.2, 0.25) is 0 Å². The standard InChI is InChI=1S/C26H22N4/c1-26(2,3)25-29-23(28-24(30-25)21-11-8-12-22(17-21)27-4)20-15-13-19(14-16-20)18-9-6-5-7-10-18/h5-17H,1-3H3. The van der Waals surface area contributed by atoms with Gasteiger partial charge in [-0.3, -0.25) is 0 Å². The van der Waals surface area contributed by atoms with Crippen LogP contribution in [-0.4, -0.2) is 15.0 Å². The Bertz CT molecular complexity index is 1210. The highest BCUT2D eigenvalue weighted by Gasteiger charge is 2.21. The lowest BCUT2D eigenvalue weighted by Crippen LogP contribution is -2.18. The minimum atomic E-state index is -0.228. The molecule has 146 valence electrons. The third kappa shape index (κ3) is 4.11. The third-order valence-corrected chi connectivity index (χ3v) is 4.79. The highest BCUT2D eigenvalue weighted by molar-refractivity contribution is 5.69. The van der Waals surface area contributed by atoms with Gasteiger partial charge in [-0.25, -0.2) is 19.8 Å². The minimum Gasteiger partial charge on any atom is -0.238 e. The molecule has 0 fully saturated rings. The first-order valence-corrected chi connectivity index (χ1v) is 9.84. The van der Waals surface area contributed by atoms with E-state index in [0.717, 1.165) is 22.5 Å². The third-order valence-electron chi connectivity index (χ3n) is 4.79. The normalized spacial score (nSPS) is 11.1. The smallest absolute Gasteiger partial charge is 0.187 e. The minimum absolute atomic E-state index is 0.228. The lowest BCUT2D eigenvalue weighted by atomic mass is 9.95. The highest BCUT2D eigenvalue weighted by atomic mass is 15.0. The molecule has 0 radical (unpaired) electrons. The number of rotatable bonds is 3. The summed E-state index contributed by atoms with van der Waals surface area (Å²) in [6.45, 7) is 13.5. The molecule has 0 spiro atoms. The first kappa shape index (κ1) is 19.5. The topological polar surface area (TPSA) is 43.0 Å². The van der Waals surface area contributed by atoms with Crippen molar-refractivity contribution >= 4 is 5.69 Å². The molecule has 0 aliphatic rings. The Hall–Kier alpha value is -3.84. The molecule has 0 aliphatic carbocycles. The van der Waals surface area contributed by atoms with Crippen molar-refractivity contribution in [3.63, 3.8) is 0 Å². The quantitative estimate of drug-likeness (QED) is 0.365. The Morgan fingerprint density at radius 2 is 1.20 bits per heavy atom. The maximum atomic E-state index is 7.28. The van der Waals surface area contributed by atoms with E-state index in [1.54, 1.807) is 6.07 Å². The Morgan fingerprint density at radius 1 is 0.633 bits per heavy atom. The van der Waals surface area contributed by atoms with Crippen molar-refractivity contribution in [1.29, 1.82) is 0 Å². The summed E-state index contributed by atoms with van der Waals surface area (Å²) in [5.74, 6) is 1.95. The predicted molar refractivity (Wildman–Crippen MR) is 121 cm³/mol. The zero-order valence-corrected chi connectivity index (χ0v) is 17.3. The maximum absolute atomic E-state index is 7.28. The van der Waals surface area contributed by atoms with E-state index in [-0.39, 0.29) is 5.41 Å². The Kier molecular flexibility index (Phi) is 5.12. The van der Waals surface area contributed by atoms with Crippen LogP contribution in [0.1, 0.15) is 26.6 Å². The summed E-state index contributed by atoms with van der Waals surface area (Å²) >= 11 is 0. The summed E-state index contributed by atoms with van der Waals surface area (Å²) in [5, 5.41) is 0. The van der Waals surface area contributed by atoms with Crippen LogP contribution in [0.4, 0.5) is 5.69 Å². The predicted octanol–water partition coefficient (Wildman–Crippen LogP) is 6.72. The van der Waals surface area contributed by atoms with Crippen LogP contribution in [0.25, 0.3) is 38.7 Å². The maximum Gasteiger partial charge on any atom is 0.187 e. The molecule has 0 unspecified atom stereocenters. The zero-order chi connectivity index (χ0) is 21.1. The lowest BCUT2D eigenvalue weighted by molar-refractivity contribution is 0.543. The summed E-state index contributed by atoms with van der Waals surface area (Å²) in [5.41, 5.74) is 4.41. The van der Waals surface area contributed by atoms with Crippen LogP contribution in [0.5, 0.6) is 0 Å². The van der Waals surface area contributed by atoms with E-state index in [0.29, 0.717) is 17.3 Å². The van der Waals surface area contributed by atoms with E-state index < -0.39 is 0 Å². The van der Waals surface area contributed by atoms with Gasteiger partial charge in [-0.1, -0.05) is 93.6 Å². The van der Waals surface area contributed by atoms with Gasteiger partial charge in [0.15, 0.2) is 17.3 Å². The second-order valence-corrected chi connectivity index (χ2v) is 8.16. The molecular formula is C26H22N4. The van der Waals surface area contributed by atoms with Gasteiger partial charge in [-0.2, -0.15) is 0 Å². The Morgan fingerprint density at radius 3 is 1.83 bits per heavy atom. The largest absolute Gasteiger partial charge is 0.238 e. The van der Waals surface area contributed by atoms with Crippen LogP contribution in [0.15, 0.2) is 78.9 Å². The molecule has 4 aromatic rings. The molecule has 0 atom stereocenters. The summed E-state index contributed by atoms with van der Waals surface area (Å²) in [7, 11) is 0. The summed E-state index contributed by atoms with van der Waals surface area (Å²) in [6.07, 6.45) is 0. The van der Waals surface area contributed by atoms with Crippen molar-refractivity contribution in [2.24, 2.45) is 0 Å². The van der Waals surface area contributed by atoms with E-state index in [9.17, 15) is 0 Å². The molecule has 4 rings (SSSR count). The number of aromatic nitrogens is 3. The zero-order valence-electron chi connectivity index (χ0n) is 17.3. The average molecular weight is 390 g/mol. The van der Waals surface area contributed by atoms with Gasteiger partial charge in [-0.05, 0) is 17.2 Å². The second kappa shape index (κ2) is 7.88. The summed E-state index contributed by atoms with van der Waals surface area (Å²) in [4.78, 5) is 17.7. The molecule has 0 amide bonds. The van der Waals surface area contributed by atoms with Gasteiger partial charge < -0.3 is 0 Å². The molecule has 0 aliphatic heterocycles. The number of nitrogens with zero attached hydrogens (tertiary/aromatic N) is 4. The fraction of sp³-hybridized carbons (Fsp3) is 0.154. The SMILES string of the molecule is [C-]#[N+]c1cccc(-c2nc(-c3ccc(-c4ccccc4)cc3)nc(C(C)(C)C)n2)c1. The molecule has 0 saturated heterocycles. The number of benzene rings is 3. The van der Waals surface area contributed by atoms with E-state index in [2.05, 4.69) is 49.9 Å². The molecule has 4 nitrogen and oxygen atoms in total. The molecule has 0 saturated carbocycles. The van der Waals surface area contributed by atoms with Crippen LogP contribution >= 0.6 is 0 Å². The van der Waals surface area contributed by atoms with Crippen LogP contribution < -0.4 is 0 Å². The van der Waals surface area contributed by atoms with Crippen molar-refractivity contribution in [2.75, 3.05) is 0 Å². The van der Waals surface area contributed by atoms with E-state index >= 15 is 0 Å². The fourth-order valence-electron chi connectivity index (χ4n) is 3.13. The average Bonchev–Trinajstić information content (AvgIpc) is 2.79. The Balaban J connectivity index is 1.80. The van der Waals surface area contributed by atoms with Gasteiger partial charge in [0.25, 0.3) is 0 Å². The van der Waals surface area contributed by atoms with Gasteiger partial charge in [0.2, 0.25) is 0 Å². The van der Waals surface area contributed by atoms with E-state index in [4.69, 9.17) is 21.5 Å². The van der Waals surface area contributed by atoms with Crippen molar-refractivity contribution in [3.05, 3.63) is 96.1 Å². The van der Waals surface area contributed by atoms with Gasteiger partial charge in [0.1, 0.15) is 5.82 Å². The Labute approximate surface area is 177 Å². The monoisotopic (exact) mass is 390 g/mol. The van der Waals surface area contributed by atoms with Gasteiger partial charge in [-0.15, -0.1) is 0 Å². The van der Waals surface area contributed by atoms with Crippen molar-refractivity contribution in [1.82, 2.24) is 15.0 Å². The van der Waals surface area contributed by atoms with Gasteiger partial charge in [0, 0.05) is 16.5 Å².